The molecule has 0 aliphatic rings. The SMILES string of the molecule is CC(=O)[C@@](CC(=O)[O-])(C[N+](C)(C)C)OC(=O)[C@@H](N)CCCN=C(N)N. The van der Waals surface area contributed by atoms with Crippen molar-refractivity contribution in [3.05, 3.63) is 0 Å². The number of guanidine groups is 1. The molecule has 0 aliphatic carbocycles. The number of ketones is 1. The molecule has 2 atom stereocenters. The summed E-state index contributed by atoms with van der Waals surface area (Å²) in [7, 11) is 5.24. The van der Waals surface area contributed by atoms with Crippen LogP contribution in [0.3, 0.4) is 0 Å². The van der Waals surface area contributed by atoms with Gasteiger partial charge in [-0.3, -0.25) is 14.6 Å². The summed E-state index contributed by atoms with van der Waals surface area (Å²) in [6, 6.07) is -1.03. The lowest BCUT2D eigenvalue weighted by molar-refractivity contribution is -0.875. The van der Waals surface area contributed by atoms with E-state index in [0.717, 1.165) is 0 Å². The number of ether oxygens (including phenoxy) is 1. The Kier molecular flexibility index (Phi) is 8.51. The van der Waals surface area contributed by atoms with E-state index in [-0.39, 0.29) is 23.4 Å². The van der Waals surface area contributed by atoms with E-state index >= 15 is 0 Å². The third-order valence-corrected chi connectivity index (χ3v) is 3.37. The molecule has 10 nitrogen and oxygen atoms in total. The summed E-state index contributed by atoms with van der Waals surface area (Å²) in [5.74, 6) is -2.98. The van der Waals surface area contributed by atoms with Crippen LogP contribution in [0.1, 0.15) is 26.2 Å². The molecule has 0 fully saturated rings. The fourth-order valence-corrected chi connectivity index (χ4v) is 2.34. The van der Waals surface area contributed by atoms with Gasteiger partial charge in [-0.1, -0.05) is 0 Å². The van der Waals surface area contributed by atoms with Crippen molar-refractivity contribution in [2.24, 2.45) is 22.2 Å². The molecule has 0 rings (SSSR count). The standard InChI is InChI=1S/C15H29N5O5/c1-10(21)15(8-12(22)23,9-20(2,3)4)25-13(24)11(16)6-5-7-19-14(17)18/h11H,5-9,16H2,1-4H3,(H4-,17,18,19,22,23)/t11-,15+/m0/s1. The average molecular weight is 359 g/mol. The molecule has 0 bridgehead atoms. The molecule has 25 heavy (non-hydrogen) atoms. The molecule has 0 unspecified atom stereocenters. The van der Waals surface area contributed by atoms with Crippen molar-refractivity contribution in [1.82, 2.24) is 0 Å². The second-order valence-corrected chi connectivity index (χ2v) is 7.02. The van der Waals surface area contributed by atoms with Gasteiger partial charge in [-0.05, 0) is 19.8 Å². The molecule has 0 aliphatic heterocycles. The number of rotatable bonds is 11. The zero-order valence-electron chi connectivity index (χ0n) is 15.3. The molecular formula is C15H29N5O5. The lowest BCUT2D eigenvalue weighted by Gasteiger charge is -2.37. The molecule has 0 spiro atoms. The number of carbonyl (C=O) groups is 3. The minimum Gasteiger partial charge on any atom is -0.550 e. The number of carbonyl (C=O) groups excluding carboxylic acids is 3. The average Bonchev–Trinajstić information content (AvgIpc) is 2.39. The number of esters is 1. The summed E-state index contributed by atoms with van der Waals surface area (Å²) in [6.07, 6.45) is -0.0827. The van der Waals surface area contributed by atoms with Gasteiger partial charge in [0.15, 0.2) is 11.7 Å². The number of aliphatic imine (C=N–C) groups is 1. The Morgan fingerprint density at radius 1 is 1.24 bits per heavy atom. The van der Waals surface area contributed by atoms with Gasteiger partial charge in [0, 0.05) is 18.9 Å². The van der Waals surface area contributed by atoms with Crippen LogP contribution >= 0.6 is 0 Å². The fourth-order valence-electron chi connectivity index (χ4n) is 2.34. The van der Waals surface area contributed by atoms with Crippen LogP contribution in [0.25, 0.3) is 0 Å². The van der Waals surface area contributed by atoms with E-state index in [1.807, 2.05) is 0 Å². The summed E-state index contributed by atoms with van der Waals surface area (Å²) >= 11 is 0. The van der Waals surface area contributed by atoms with E-state index in [1.165, 1.54) is 6.92 Å². The topological polar surface area (TPSA) is 174 Å². The zero-order chi connectivity index (χ0) is 19.8. The first-order valence-electron chi connectivity index (χ1n) is 7.84. The van der Waals surface area contributed by atoms with Crippen molar-refractivity contribution in [1.29, 1.82) is 0 Å². The highest BCUT2D eigenvalue weighted by atomic mass is 16.6. The normalized spacial score (nSPS) is 14.9. The van der Waals surface area contributed by atoms with Crippen LogP contribution in [0.4, 0.5) is 0 Å². The Morgan fingerprint density at radius 2 is 1.80 bits per heavy atom. The number of hydrogen-bond donors (Lipinski definition) is 3. The predicted octanol–water partition coefficient (Wildman–Crippen LogP) is -2.92. The van der Waals surface area contributed by atoms with Gasteiger partial charge in [0.25, 0.3) is 0 Å². The van der Waals surface area contributed by atoms with Crippen LogP contribution in [-0.2, 0) is 19.1 Å². The third kappa shape index (κ3) is 9.01. The number of likely N-dealkylation sites (N-methyl/N-ethyl adjacent to an activating group) is 1. The molecule has 144 valence electrons. The number of quaternary nitrogens is 1. The molecule has 0 saturated heterocycles. The molecule has 0 saturated carbocycles. The fraction of sp³-hybridized carbons (Fsp3) is 0.733. The van der Waals surface area contributed by atoms with Gasteiger partial charge in [-0.2, -0.15) is 0 Å². The van der Waals surface area contributed by atoms with Gasteiger partial charge >= 0.3 is 5.97 Å². The molecule has 10 heteroatoms. The van der Waals surface area contributed by atoms with Crippen LogP contribution in [0, 0.1) is 0 Å². The van der Waals surface area contributed by atoms with Crippen LogP contribution in [0.5, 0.6) is 0 Å². The molecule has 0 heterocycles. The Bertz CT molecular complexity index is 525. The van der Waals surface area contributed by atoms with Gasteiger partial charge in [-0.15, -0.1) is 0 Å². The summed E-state index contributed by atoms with van der Waals surface area (Å²) in [6.45, 7) is 1.44. The van der Waals surface area contributed by atoms with Crippen molar-refractivity contribution in [3.8, 4) is 0 Å². The van der Waals surface area contributed by atoms with Crippen LogP contribution in [0.15, 0.2) is 4.99 Å². The minimum absolute atomic E-state index is 0.0250. The van der Waals surface area contributed by atoms with Gasteiger partial charge < -0.3 is 36.3 Å². The number of carboxylic acid groups (broad SMARTS) is 1. The van der Waals surface area contributed by atoms with Crippen molar-refractivity contribution in [3.63, 3.8) is 0 Å². The van der Waals surface area contributed by atoms with Crippen molar-refractivity contribution >= 4 is 23.7 Å². The number of hydrogen-bond acceptors (Lipinski definition) is 7. The molecular weight excluding hydrogens is 330 g/mol. The van der Waals surface area contributed by atoms with Crippen molar-refractivity contribution < 1.29 is 28.7 Å². The number of carboxylic acids is 1. The van der Waals surface area contributed by atoms with E-state index < -0.39 is 35.8 Å². The summed E-state index contributed by atoms with van der Waals surface area (Å²) in [5, 5.41) is 11.1. The predicted molar refractivity (Wildman–Crippen MR) is 89.9 cm³/mol. The maximum Gasteiger partial charge on any atom is 0.324 e. The molecule has 0 amide bonds. The maximum atomic E-state index is 12.3. The number of nitrogens with zero attached hydrogens (tertiary/aromatic N) is 2. The van der Waals surface area contributed by atoms with Crippen LogP contribution < -0.4 is 22.3 Å². The van der Waals surface area contributed by atoms with Crippen LogP contribution in [0.2, 0.25) is 0 Å². The largest absolute Gasteiger partial charge is 0.550 e. The Hall–Kier alpha value is -2.20. The zero-order valence-corrected chi connectivity index (χ0v) is 15.3. The van der Waals surface area contributed by atoms with E-state index in [2.05, 4.69) is 4.99 Å². The maximum absolute atomic E-state index is 12.3. The van der Waals surface area contributed by atoms with Gasteiger partial charge in [0.2, 0.25) is 5.60 Å². The second kappa shape index (κ2) is 9.33. The molecule has 0 aromatic carbocycles. The molecule has 0 radical (unpaired) electrons. The molecule has 0 aromatic heterocycles. The summed E-state index contributed by atoms with van der Waals surface area (Å²) in [4.78, 5) is 39.2. The number of nitrogens with two attached hydrogens (primary N) is 3. The molecule has 6 N–H and O–H groups in total. The number of Topliss-reactive ketones (excluding diaryl/α,β-unsaturated/α-hetero) is 1. The monoisotopic (exact) mass is 359 g/mol. The summed E-state index contributed by atoms with van der Waals surface area (Å²) in [5.41, 5.74) is 14.3. The lowest BCUT2D eigenvalue weighted by Crippen LogP contribution is -2.58. The van der Waals surface area contributed by atoms with Crippen LogP contribution in [-0.4, -0.2) is 74.0 Å². The quantitative estimate of drug-likeness (QED) is 0.116. The van der Waals surface area contributed by atoms with E-state index in [4.69, 9.17) is 21.9 Å². The highest BCUT2D eigenvalue weighted by Gasteiger charge is 2.45. The number of aliphatic carboxylic acids is 1. The van der Waals surface area contributed by atoms with E-state index in [1.54, 1.807) is 21.1 Å². The molecule has 0 aromatic rings. The highest BCUT2D eigenvalue weighted by molar-refractivity contribution is 5.92. The highest BCUT2D eigenvalue weighted by Crippen LogP contribution is 2.22. The third-order valence-electron chi connectivity index (χ3n) is 3.37. The van der Waals surface area contributed by atoms with E-state index in [9.17, 15) is 19.5 Å². The smallest absolute Gasteiger partial charge is 0.324 e. The minimum atomic E-state index is -1.83. The Labute approximate surface area is 147 Å². The first-order chi connectivity index (χ1) is 11.3. The van der Waals surface area contributed by atoms with Gasteiger partial charge in [0.05, 0.1) is 21.1 Å². The Balaban J connectivity index is 5.15. The lowest BCUT2D eigenvalue weighted by atomic mass is 9.93. The van der Waals surface area contributed by atoms with E-state index in [0.29, 0.717) is 13.0 Å². The van der Waals surface area contributed by atoms with Crippen molar-refractivity contribution in [2.45, 2.75) is 37.8 Å². The van der Waals surface area contributed by atoms with Gasteiger partial charge in [-0.25, -0.2) is 0 Å². The Morgan fingerprint density at radius 3 is 2.20 bits per heavy atom. The second-order valence-electron chi connectivity index (χ2n) is 7.02. The first kappa shape index (κ1) is 22.8. The summed E-state index contributed by atoms with van der Waals surface area (Å²) < 4.78 is 5.50. The van der Waals surface area contributed by atoms with Gasteiger partial charge in [0.1, 0.15) is 12.6 Å². The van der Waals surface area contributed by atoms with Crippen molar-refractivity contribution in [2.75, 3.05) is 34.2 Å². The first-order valence-corrected chi connectivity index (χ1v) is 7.84.